The monoisotopic (exact) mass is 489 g/mol. The van der Waals surface area contributed by atoms with Crippen molar-refractivity contribution in [2.45, 2.75) is 70.0 Å². The van der Waals surface area contributed by atoms with Crippen molar-refractivity contribution in [3.8, 4) is 5.75 Å². The number of nitrogens with one attached hydrogen (secondary N) is 2. The highest BCUT2D eigenvalue weighted by Crippen LogP contribution is 2.32. The summed E-state index contributed by atoms with van der Waals surface area (Å²) in [5.41, 5.74) is 4.14. The molecule has 3 atom stereocenters. The van der Waals surface area contributed by atoms with Crippen molar-refractivity contribution >= 4 is 17.7 Å². The maximum absolute atomic E-state index is 13.0. The van der Waals surface area contributed by atoms with Crippen LogP contribution in [0.25, 0.3) is 0 Å². The van der Waals surface area contributed by atoms with E-state index in [2.05, 4.69) is 34.9 Å². The van der Waals surface area contributed by atoms with Gasteiger partial charge >= 0.3 is 0 Å². The van der Waals surface area contributed by atoms with Crippen LogP contribution < -0.4 is 15.4 Å². The standard InChI is InChI=1S/C29H35N3O4/c1-36-26-9-5-3-6-20(26)14-15-30-24-8-4-2-7-21(24)16-19-10-11-23-22(17-19)18-32(29(23)35)25-12-13-27(33)31-28(25)34/h3,5-6,9-11,17,21,24-25,30H,2,4,7-8,12-16,18H2,1H3,(H,31,33,34)/t21-,24+,25?/m1/s1. The fraction of sp³-hybridized carbons (Fsp3) is 0.483. The summed E-state index contributed by atoms with van der Waals surface area (Å²) in [7, 11) is 1.72. The van der Waals surface area contributed by atoms with Gasteiger partial charge < -0.3 is 15.0 Å². The van der Waals surface area contributed by atoms with Gasteiger partial charge in [-0.3, -0.25) is 19.7 Å². The minimum Gasteiger partial charge on any atom is -0.496 e. The van der Waals surface area contributed by atoms with Crippen LogP contribution in [-0.4, -0.2) is 48.4 Å². The molecule has 3 amide bonds. The number of fused-ring (bicyclic) bond motifs is 1. The molecule has 2 aromatic carbocycles. The molecule has 0 aromatic heterocycles. The van der Waals surface area contributed by atoms with E-state index in [1.165, 1.54) is 36.8 Å². The zero-order chi connectivity index (χ0) is 25.1. The number of rotatable bonds is 8. The topological polar surface area (TPSA) is 87.7 Å². The van der Waals surface area contributed by atoms with Crippen molar-refractivity contribution in [2.75, 3.05) is 13.7 Å². The fourth-order valence-electron chi connectivity index (χ4n) is 6.08. The molecule has 0 spiro atoms. The van der Waals surface area contributed by atoms with Crippen molar-refractivity contribution in [3.05, 3.63) is 64.7 Å². The summed E-state index contributed by atoms with van der Waals surface area (Å²) in [4.78, 5) is 38.5. The molecule has 2 aliphatic heterocycles. The predicted octanol–water partition coefficient (Wildman–Crippen LogP) is 3.39. The van der Waals surface area contributed by atoms with Gasteiger partial charge in [0, 0.05) is 24.6 Å². The normalized spacial score (nSPS) is 24.0. The first-order valence-corrected chi connectivity index (χ1v) is 13.1. The summed E-state index contributed by atoms with van der Waals surface area (Å²) in [5, 5.41) is 6.19. The van der Waals surface area contributed by atoms with E-state index >= 15 is 0 Å². The molecule has 2 fully saturated rings. The smallest absolute Gasteiger partial charge is 0.255 e. The van der Waals surface area contributed by atoms with Gasteiger partial charge in [-0.1, -0.05) is 43.2 Å². The molecule has 2 aromatic rings. The Bertz CT molecular complexity index is 1150. The SMILES string of the molecule is COc1ccccc1CCN[C@H]1CCCC[C@@H]1Cc1ccc2c(c1)CN(C1CCC(=O)NC1=O)C2=O. The Morgan fingerprint density at radius 2 is 1.89 bits per heavy atom. The minimum absolute atomic E-state index is 0.111. The molecule has 36 heavy (non-hydrogen) atoms. The second kappa shape index (κ2) is 10.8. The summed E-state index contributed by atoms with van der Waals surface area (Å²) in [6, 6.07) is 14.3. The molecule has 1 saturated carbocycles. The zero-order valence-electron chi connectivity index (χ0n) is 20.9. The molecular formula is C29H35N3O4. The number of nitrogens with zero attached hydrogens (tertiary/aromatic N) is 1. The Morgan fingerprint density at radius 3 is 2.72 bits per heavy atom. The van der Waals surface area contributed by atoms with Crippen molar-refractivity contribution in [2.24, 2.45) is 5.92 Å². The third-order valence-electron chi connectivity index (χ3n) is 7.99. The Labute approximate surface area is 212 Å². The number of benzene rings is 2. The average molecular weight is 490 g/mol. The zero-order valence-corrected chi connectivity index (χ0v) is 20.9. The first-order chi connectivity index (χ1) is 17.5. The number of piperidine rings is 1. The summed E-state index contributed by atoms with van der Waals surface area (Å²) in [5.74, 6) is 0.758. The largest absolute Gasteiger partial charge is 0.496 e. The number of carbonyl (C=O) groups is 3. The average Bonchev–Trinajstić information content (AvgIpc) is 3.20. The molecule has 3 aliphatic rings. The minimum atomic E-state index is -0.568. The van der Waals surface area contributed by atoms with Crippen LogP contribution in [0.15, 0.2) is 42.5 Å². The Balaban J connectivity index is 1.21. The first-order valence-electron chi connectivity index (χ1n) is 13.1. The number of methoxy groups -OCH3 is 1. The molecule has 190 valence electrons. The summed E-state index contributed by atoms with van der Waals surface area (Å²) in [6.45, 7) is 1.35. The lowest BCUT2D eigenvalue weighted by molar-refractivity contribution is -0.136. The van der Waals surface area contributed by atoms with Crippen LogP contribution in [0.2, 0.25) is 0 Å². The van der Waals surface area contributed by atoms with E-state index in [4.69, 9.17) is 4.74 Å². The van der Waals surface area contributed by atoms with E-state index in [0.29, 0.717) is 30.5 Å². The highest BCUT2D eigenvalue weighted by atomic mass is 16.5. The van der Waals surface area contributed by atoms with Crippen molar-refractivity contribution in [1.82, 2.24) is 15.5 Å². The third-order valence-corrected chi connectivity index (χ3v) is 7.99. The van der Waals surface area contributed by atoms with Gasteiger partial charge in [0.15, 0.2) is 0 Å². The maximum Gasteiger partial charge on any atom is 0.255 e. The van der Waals surface area contributed by atoms with Gasteiger partial charge in [-0.05, 0) is 73.4 Å². The molecule has 2 N–H and O–H groups in total. The van der Waals surface area contributed by atoms with Gasteiger partial charge in [-0.2, -0.15) is 0 Å². The maximum atomic E-state index is 13.0. The van der Waals surface area contributed by atoms with E-state index in [0.717, 1.165) is 30.7 Å². The van der Waals surface area contributed by atoms with Gasteiger partial charge in [0.1, 0.15) is 11.8 Å². The third kappa shape index (κ3) is 5.16. The van der Waals surface area contributed by atoms with Crippen LogP contribution in [0.1, 0.15) is 65.6 Å². The predicted molar refractivity (Wildman–Crippen MR) is 137 cm³/mol. The number of para-hydroxylation sites is 1. The highest BCUT2D eigenvalue weighted by Gasteiger charge is 2.39. The molecule has 7 heteroatoms. The molecule has 7 nitrogen and oxygen atoms in total. The molecule has 1 aliphatic carbocycles. The number of hydrogen-bond acceptors (Lipinski definition) is 5. The molecule has 1 unspecified atom stereocenters. The van der Waals surface area contributed by atoms with E-state index in [1.54, 1.807) is 12.0 Å². The first kappa shape index (κ1) is 24.5. The van der Waals surface area contributed by atoms with Gasteiger partial charge in [0.25, 0.3) is 5.91 Å². The van der Waals surface area contributed by atoms with Crippen LogP contribution >= 0.6 is 0 Å². The number of ether oxygens (including phenoxy) is 1. The van der Waals surface area contributed by atoms with E-state index < -0.39 is 6.04 Å². The van der Waals surface area contributed by atoms with Crippen molar-refractivity contribution in [3.63, 3.8) is 0 Å². The lowest BCUT2D eigenvalue weighted by Crippen LogP contribution is -2.52. The number of carbonyl (C=O) groups excluding carboxylic acids is 3. The van der Waals surface area contributed by atoms with Crippen molar-refractivity contribution in [1.29, 1.82) is 0 Å². The second-order valence-corrected chi connectivity index (χ2v) is 10.3. The Morgan fingerprint density at radius 1 is 1.06 bits per heavy atom. The second-order valence-electron chi connectivity index (χ2n) is 10.3. The number of amides is 3. The lowest BCUT2D eigenvalue weighted by atomic mass is 9.80. The quantitative estimate of drug-likeness (QED) is 0.555. The summed E-state index contributed by atoms with van der Waals surface area (Å²) in [6.07, 6.45) is 7.46. The van der Waals surface area contributed by atoms with E-state index in [9.17, 15) is 14.4 Å². The van der Waals surface area contributed by atoms with Crippen LogP contribution in [0.5, 0.6) is 5.75 Å². The van der Waals surface area contributed by atoms with Gasteiger partial charge in [-0.15, -0.1) is 0 Å². The van der Waals surface area contributed by atoms with Crippen LogP contribution in [0.4, 0.5) is 0 Å². The van der Waals surface area contributed by atoms with Crippen LogP contribution in [0, 0.1) is 5.92 Å². The van der Waals surface area contributed by atoms with Gasteiger partial charge in [0.2, 0.25) is 11.8 Å². The molecular weight excluding hydrogens is 454 g/mol. The molecule has 0 radical (unpaired) electrons. The van der Waals surface area contributed by atoms with E-state index in [1.807, 2.05) is 18.2 Å². The van der Waals surface area contributed by atoms with Gasteiger partial charge in [-0.25, -0.2) is 0 Å². The van der Waals surface area contributed by atoms with Crippen molar-refractivity contribution < 1.29 is 19.1 Å². The highest BCUT2D eigenvalue weighted by molar-refractivity contribution is 6.05. The van der Waals surface area contributed by atoms with Crippen LogP contribution in [0.3, 0.4) is 0 Å². The summed E-state index contributed by atoms with van der Waals surface area (Å²) < 4.78 is 5.50. The van der Waals surface area contributed by atoms with Crippen LogP contribution in [-0.2, 0) is 29.0 Å². The molecule has 2 heterocycles. The van der Waals surface area contributed by atoms with E-state index in [-0.39, 0.29) is 24.1 Å². The number of imide groups is 1. The fourth-order valence-corrected chi connectivity index (χ4v) is 6.08. The Hall–Kier alpha value is -3.19. The number of hydrogen-bond donors (Lipinski definition) is 2. The lowest BCUT2D eigenvalue weighted by Gasteiger charge is -2.33. The molecule has 1 saturated heterocycles. The molecule has 5 rings (SSSR count). The Kier molecular flexibility index (Phi) is 7.37. The molecule has 0 bridgehead atoms. The summed E-state index contributed by atoms with van der Waals surface area (Å²) >= 11 is 0. The van der Waals surface area contributed by atoms with Gasteiger partial charge in [0.05, 0.1) is 7.11 Å².